The van der Waals surface area contributed by atoms with Crippen molar-refractivity contribution in [1.29, 1.82) is 0 Å². The molecule has 3 rings (SSSR count). The number of nitrogens with zero attached hydrogens (tertiary/aromatic N) is 1. The molecule has 0 spiro atoms. The second-order valence-corrected chi connectivity index (χ2v) is 5.86. The molecule has 30 heavy (non-hydrogen) atoms. The molecule has 158 valence electrons. The summed E-state index contributed by atoms with van der Waals surface area (Å²) in [7, 11) is 0. The molecular weight excluding hydrogens is 436 g/mol. The molecule has 2 aliphatic heterocycles. The Kier molecular flexibility index (Phi) is 4.56. The Hall–Kier alpha value is -3.58. The maximum Gasteiger partial charge on any atom is 0.417 e. The molecule has 6 nitrogen and oxygen atoms in total. The van der Waals surface area contributed by atoms with Crippen molar-refractivity contribution < 1.29 is 54.4 Å². The first-order chi connectivity index (χ1) is 13.7. The van der Waals surface area contributed by atoms with Crippen LogP contribution in [-0.2, 0) is 31.5 Å². The molecule has 0 saturated heterocycles. The van der Waals surface area contributed by atoms with Gasteiger partial charge in [-0.2, -0.15) is 30.7 Å². The van der Waals surface area contributed by atoms with E-state index in [0.29, 0.717) is 6.08 Å². The quantitative estimate of drug-likeness (QED) is 0.436. The molecule has 2 heterocycles. The molecule has 1 aromatic rings. The smallest absolute Gasteiger partial charge is 0.289 e. The third-order valence-corrected chi connectivity index (χ3v) is 4.07. The van der Waals surface area contributed by atoms with Crippen LogP contribution in [0.5, 0.6) is 0 Å². The van der Waals surface area contributed by atoms with Crippen LogP contribution in [0, 0.1) is 0 Å². The Morgan fingerprint density at radius 1 is 0.867 bits per heavy atom. The summed E-state index contributed by atoms with van der Waals surface area (Å²) in [6, 6.07) is 0.168. The van der Waals surface area contributed by atoms with Crippen LogP contribution in [-0.4, -0.2) is 28.8 Å². The minimum atomic E-state index is -5.76. The van der Waals surface area contributed by atoms with E-state index in [-0.39, 0.29) is 12.1 Å². The van der Waals surface area contributed by atoms with E-state index >= 15 is 0 Å². The van der Waals surface area contributed by atoms with Crippen LogP contribution in [0.1, 0.15) is 22.3 Å². The number of alkyl halides is 6. The predicted octanol–water partition coefficient (Wildman–Crippen LogP) is 2.70. The number of benzene rings is 1. The third kappa shape index (κ3) is 3.13. The van der Waals surface area contributed by atoms with Crippen molar-refractivity contribution in [3.63, 3.8) is 0 Å². The summed E-state index contributed by atoms with van der Waals surface area (Å²) in [5.41, 5.74) is -11.2. The van der Waals surface area contributed by atoms with Gasteiger partial charge in [0.05, 0.1) is 22.3 Å². The van der Waals surface area contributed by atoms with Gasteiger partial charge < -0.3 is 0 Å². The van der Waals surface area contributed by atoms with Crippen molar-refractivity contribution in [2.24, 2.45) is 0 Å². The van der Waals surface area contributed by atoms with Crippen molar-refractivity contribution in [2.45, 2.75) is 12.4 Å². The second-order valence-electron chi connectivity index (χ2n) is 5.86. The van der Waals surface area contributed by atoms with Gasteiger partial charge in [0.2, 0.25) is 5.83 Å². The van der Waals surface area contributed by atoms with E-state index in [1.54, 1.807) is 5.32 Å². The molecule has 0 bridgehead atoms. The number of imide groups is 2. The Morgan fingerprint density at radius 3 is 1.87 bits per heavy atom. The molecule has 0 radical (unpaired) electrons. The van der Waals surface area contributed by atoms with Crippen molar-refractivity contribution >= 4 is 34.8 Å². The van der Waals surface area contributed by atoms with Gasteiger partial charge in [0.15, 0.2) is 0 Å². The number of rotatable bonds is 2. The second kappa shape index (κ2) is 6.47. The normalized spacial score (nSPS) is 17.9. The van der Waals surface area contributed by atoms with Crippen molar-refractivity contribution in [1.82, 2.24) is 10.4 Å². The first kappa shape index (κ1) is 21.1. The fraction of sp³-hybridized carbons (Fsp3) is 0.125. The lowest BCUT2D eigenvalue weighted by atomic mass is 9.87. The molecule has 1 N–H and O–H groups in total. The van der Waals surface area contributed by atoms with Crippen LogP contribution < -0.4 is 5.32 Å². The van der Waals surface area contributed by atoms with E-state index in [1.807, 2.05) is 0 Å². The highest BCUT2D eigenvalue weighted by atomic mass is 19.4. The van der Waals surface area contributed by atoms with Gasteiger partial charge in [0.1, 0.15) is 0 Å². The Bertz CT molecular complexity index is 1100. The van der Waals surface area contributed by atoms with Gasteiger partial charge in [-0.05, 0) is 6.07 Å². The summed E-state index contributed by atoms with van der Waals surface area (Å²) >= 11 is 0. The van der Waals surface area contributed by atoms with Gasteiger partial charge in [0.25, 0.3) is 17.7 Å². The van der Waals surface area contributed by atoms with Crippen LogP contribution >= 0.6 is 0 Å². The highest BCUT2D eigenvalue weighted by Crippen LogP contribution is 2.48. The molecule has 1 aromatic carbocycles. The standard InChI is InChI=1S/C16H4F8N2O4/c17-11-9(13(29)26(24)14(11)30)8-6(15(18,19)20)2-1-4(10(8)16(21,22)23)5-3-7(27)25-12(5)28/h1-3H,(H,25,27,28). The average Bonchev–Trinajstić information content (AvgIpc) is 3.04. The topological polar surface area (TPSA) is 83.6 Å². The fourth-order valence-electron chi connectivity index (χ4n) is 2.92. The molecule has 0 atom stereocenters. The van der Waals surface area contributed by atoms with Crippen molar-refractivity contribution in [3.05, 3.63) is 46.3 Å². The predicted molar refractivity (Wildman–Crippen MR) is 78.6 cm³/mol. The first-order valence-electron chi connectivity index (χ1n) is 7.49. The molecular formula is C16H4F8N2O4. The average molecular weight is 440 g/mol. The van der Waals surface area contributed by atoms with Crippen LogP contribution in [0.3, 0.4) is 0 Å². The maximum absolute atomic E-state index is 14.1. The number of hydrogen-bond donors (Lipinski definition) is 1. The zero-order valence-corrected chi connectivity index (χ0v) is 13.8. The van der Waals surface area contributed by atoms with Gasteiger partial charge in [-0.3, -0.25) is 24.5 Å². The minimum absolute atomic E-state index is 0.0181. The maximum atomic E-state index is 14.1. The van der Waals surface area contributed by atoms with Gasteiger partial charge in [0, 0.05) is 17.2 Å². The first-order valence-corrected chi connectivity index (χ1v) is 7.49. The molecule has 4 amide bonds. The van der Waals surface area contributed by atoms with E-state index in [2.05, 4.69) is 0 Å². The molecule has 0 saturated carbocycles. The lowest BCUT2D eigenvalue weighted by Gasteiger charge is -2.22. The molecule has 14 heteroatoms. The van der Waals surface area contributed by atoms with Gasteiger partial charge in [-0.1, -0.05) is 15.7 Å². The number of nitrogens with one attached hydrogen (secondary N) is 1. The Morgan fingerprint density at radius 2 is 1.47 bits per heavy atom. The summed E-state index contributed by atoms with van der Waals surface area (Å²) in [6.45, 7) is 0. The highest BCUT2D eigenvalue weighted by molar-refractivity contribution is 6.36. The number of carbonyl (C=O) groups excluding carboxylic acids is 4. The van der Waals surface area contributed by atoms with E-state index in [9.17, 15) is 54.4 Å². The summed E-state index contributed by atoms with van der Waals surface area (Å²) in [5, 5.41) is 0.0907. The molecule has 0 aliphatic carbocycles. The zero-order valence-electron chi connectivity index (χ0n) is 13.8. The van der Waals surface area contributed by atoms with Crippen LogP contribution in [0.15, 0.2) is 24.0 Å². The van der Waals surface area contributed by atoms with Gasteiger partial charge in [-0.25, -0.2) is 0 Å². The Labute approximate surface area is 159 Å². The van der Waals surface area contributed by atoms with E-state index in [4.69, 9.17) is 0 Å². The number of amides is 4. The fourth-order valence-corrected chi connectivity index (χ4v) is 2.92. The lowest BCUT2D eigenvalue weighted by molar-refractivity contribution is -0.153. The lowest BCUT2D eigenvalue weighted by Crippen LogP contribution is -2.25. The van der Waals surface area contributed by atoms with Crippen LogP contribution in [0.4, 0.5) is 35.2 Å². The summed E-state index contributed by atoms with van der Waals surface area (Å²) < 4.78 is 109. The monoisotopic (exact) mass is 440 g/mol. The Balaban J connectivity index is 2.51. The summed E-state index contributed by atoms with van der Waals surface area (Å²) in [5.74, 6) is -9.87. The van der Waals surface area contributed by atoms with Crippen molar-refractivity contribution in [2.75, 3.05) is 0 Å². The summed E-state index contributed by atoms with van der Waals surface area (Å²) in [6.07, 6.45) is -11.0. The van der Waals surface area contributed by atoms with E-state index in [0.717, 1.165) is 0 Å². The van der Waals surface area contributed by atoms with E-state index < -0.39 is 80.3 Å². The number of halogens is 8. The SMILES string of the molecule is O=C1C=C(c2ccc(C(F)(F)F)c(C3=C(F)C(=O)N(F)C3=O)c2C(F)(F)F)C(=O)N1. The minimum Gasteiger partial charge on any atom is -0.289 e. The van der Waals surface area contributed by atoms with Gasteiger partial charge in [-0.15, -0.1) is 0 Å². The van der Waals surface area contributed by atoms with Gasteiger partial charge >= 0.3 is 18.3 Å². The molecule has 0 aromatic heterocycles. The van der Waals surface area contributed by atoms with E-state index in [1.165, 1.54) is 0 Å². The largest absolute Gasteiger partial charge is 0.417 e. The molecule has 0 unspecified atom stereocenters. The number of hydrogen-bond acceptors (Lipinski definition) is 4. The van der Waals surface area contributed by atoms with Crippen molar-refractivity contribution in [3.8, 4) is 0 Å². The number of carbonyl (C=O) groups is 4. The highest BCUT2D eigenvalue weighted by Gasteiger charge is 2.50. The molecule has 0 fully saturated rings. The third-order valence-electron chi connectivity index (χ3n) is 4.07. The zero-order chi connectivity index (χ0) is 22.8. The van der Waals surface area contributed by atoms with Crippen LogP contribution in [0.25, 0.3) is 11.1 Å². The van der Waals surface area contributed by atoms with Crippen LogP contribution in [0.2, 0.25) is 0 Å². The summed E-state index contributed by atoms with van der Waals surface area (Å²) in [4.78, 5) is 46.1. The molecule has 2 aliphatic rings.